The van der Waals surface area contributed by atoms with Gasteiger partial charge in [0.25, 0.3) is 0 Å². The van der Waals surface area contributed by atoms with Gasteiger partial charge in [0.2, 0.25) is 0 Å². The van der Waals surface area contributed by atoms with Crippen LogP contribution in [0.1, 0.15) is 30.5 Å². The molecule has 0 amide bonds. The van der Waals surface area contributed by atoms with Crippen LogP contribution < -0.4 is 0 Å². The number of hydrogen-bond donors (Lipinski definition) is 0. The van der Waals surface area contributed by atoms with Crippen LogP contribution in [0, 0.1) is 6.92 Å². The molecule has 0 saturated heterocycles. The van der Waals surface area contributed by atoms with Crippen LogP contribution in [-0.2, 0) is 6.67 Å². The summed E-state index contributed by atoms with van der Waals surface area (Å²) < 4.78 is 12.2. The predicted molar refractivity (Wildman–Crippen MR) is 57.4 cm³/mol. The zero-order chi connectivity index (χ0) is 10.3. The molecule has 0 aliphatic heterocycles. The number of aryl methyl sites for hydroxylation is 1. The van der Waals surface area contributed by atoms with Gasteiger partial charge in [0.05, 0.1) is 0 Å². The van der Waals surface area contributed by atoms with Gasteiger partial charge < -0.3 is 0 Å². The van der Waals surface area contributed by atoms with Gasteiger partial charge in [0.1, 0.15) is 6.67 Å². The molecule has 0 fully saturated rings. The van der Waals surface area contributed by atoms with Crippen molar-refractivity contribution in [3.05, 3.63) is 41.5 Å². The van der Waals surface area contributed by atoms with Crippen LogP contribution in [0.5, 0.6) is 0 Å². The van der Waals surface area contributed by atoms with E-state index in [-0.39, 0.29) is 6.67 Å². The SMILES string of the molecule is C=Cc1ccc(CF)c(C)c1.CC. The minimum absolute atomic E-state index is 0.386. The van der Waals surface area contributed by atoms with Crippen molar-refractivity contribution in [2.24, 2.45) is 0 Å². The highest BCUT2D eigenvalue weighted by Crippen LogP contribution is 2.12. The van der Waals surface area contributed by atoms with E-state index in [1.165, 1.54) is 0 Å². The second kappa shape index (κ2) is 6.41. The topological polar surface area (TPSA) is 0 Å². The third-order valence-electron chi connectivity index (χ3n) is 1.75. The molecule has 0 aliphatic carbocycles. The summed E-state index contributed by atoms with van der Waals surface area (Å²) in [5, 5.41) is 0. The molecule has 0 heterocycles. The third kappa shape index (κ3) is 3.41. The number of hydrogen-bond acceptors (Lipinski definition) is 0. The average Bonchev–Trinajstić information content (AvgIpc) is 2.20. The highest BCUT2D eigenvalue weighted by molar-refractivity contribution is 5.49. The van der Waals surface area contributed by atoms with Gasteiger partial charge in [-0.2, -0.15) is 0 Å². The smallest absolute Gasteiger partial charge is 0.115 e. The molecule has 0 aromatic heterocycles. The standard InChI is InChI=1S/C10H11F.C2H6/c1-3-9-4-5-10(7-11)8(2)6-9;1-2/h3-6H,1,7H2,2H3;1-2H3. The highest BCUT2D eigenvalue weighted by Gasteiger charge is 1.96. The lowest BCUT2D eigenvalue weighted by molar-refractivity contribution is 0.483. The minimum atomic E-state index is -0.386. The molecule has 0 N–H and O–H groups in total. The van der Waals surface area contributed by atoms with Crippen molar-refractivity contribution in [1.29, 1.82) is 0 Å². The van der Waals surface area contributed by atoms with Crippen molar-refractivity contribution in [2.75, 3.05) is 0 Å². The van der Waals surface area contributed by atoms with E-state index in [1.807, 2.05) is 32.9 Å². The summed E-state index contributed by atoms with van der Waals surface area (Å²) in [7, 11) is 0. The molecule has 0 nitrogen and oxygen atoms in total. The first-order chi connectivity index (χ1) is 6.27. The molecule has 0 radical (unpaired) electrons. The van der Waals surface area contributed by atoms with Crippen molar-refractivity contribution >= 4 is 6.08 Å². The number of benzene rings is 1. The van der Waals surface area contributed by atoms with Crippen molar-refractivity contribution in [1.82, 2.24) is 0 Å². The third-order valence-corrected chi connectivity index (χ3v) is 1.75. The molecule has 1 aromatic carbocycles. The Morgan fingerprint density at radius 1 is 1.38 bits per heavy atom. The lowest BCUT2D eigenvalue weighted by atomic mass is 10.1. The minimum Gasteiger partial charge on any atom is -0.246 e. The van der Waals surface area contributed by atoms with Gasteiger partial charge in [-0.05, 0) is 23.6 Å². The Balaban J connectivity index is 0.000000671. The fraction of sp³-hybridized carbons (Fsp3) is 0.333. The Labute approximate surface area is 80.1 Å². The van der Waals surface area contributed by atoms with E-state index in [1.54, 1.807) is 12.1 Å². The molecule has 13 heavy (non-hydrogen) atoms. The molecule has 0 spiro atoms. The van der Waals surface area contributed by atoms with Crippen LogP contribution in [0.3, 0.4) is 0 Å². The van der Waals surface area contributed by atoms with Crippen molar-refractivity contribution in [3.63, 3.8) is 0 Å². The van der Waals surface area contributed by atoms with Crippen molar-refractivity contribution < 1.29 is 4.39 Å². The van der Waals surface area contributed by atoms with Crippen molar-refractivity contribution in [3.8, 4) is 0 Å². The van der Waals surface area contributed by atoms with E-state index in [9.17, 15) is 4.39 Å². The number of rotatable bonds is 2. The second-order valence-corrected chi connectivity index (χ2v) is 2.52. The maximum atomic E-state index is 12.2. The van der Waals surface area contributed by atoms with E-state index in [2.05, 4.69) is 6.58 Å². The van der Waals surface area contributed by atoms with Gasteiger partial charge >= 0.3 is 0 Å². The van der Waals surface area contributed by atoms with Crippen LogP contribution in [-0.4, -0.2) is 0 Å². The first kappa shape index (κ1) is 11.9. The number of halogens is 1. The number of alkyl halides is 1. The van der Waals surface area contributed by atoms with E-state index < -0.39 is 0 Å². The van der Waals surface area contributed by atoms with Crippen LogP contribution in [0.4, 0.5) is 4.39 Å². The molecule has 72 valence electrons. The molecule has 1 aromatic rings. The molecule has 0 unspecified atom stereocenters. The summed E-state index contributed by atoms with van der Waals surface area (Å²) in [4.78, 5) is 0. The average molecular weight is 180 g/mol. The Morgan fingerprint density at radius 3 is 2.38 bits per heavy atom. The Bertz CT molecular complexity index is 264. The van der Waals surface area contributed by atoms with Gasteiger partial charge in [0, 0.05) is 0 Å². The molecule has 0 atom stereocenters. The van der Waals surface area contributed by atoms with Crippen LogP contribution in [0.15, 0.2) is 24.8 Å². The second-order valence-electron chi connectivity index (χ2n) is 2.52. The maximum absolute atomic E-state index is 12.2. The predicted octanol–water partition coefficient (Wildman–Crippen LogP) is 4.13. The molecule has 1 rings (SSSR count). The summed E-state index contributed by atoms with van der Waals surface area (Å²) >= 11 is 0. The fourth-order valence-corrected chi connectivity index (χ4v) is 0.996. The normalized spacial score (nSPS) is 8.62. The lowest BCUT2D eigenvalue weighted by Gasteiger charge is -2.01. The largest absolute Gasteiger partial charge is 0.246 e. The molecular weight excluding hydrogens is 163 g/mol. The first-order valence-corrected chi connectivity index (χ1v) is 4.56. The van der Waals surface area contributed by atoms with Crippen LogP contribution in [0.25, 0.3) is 6.08 Å². The Morgan fingerprint density at radius 2 is 2.00 bits per heavy atom. The fourth-order valence-electron chi connectivity index (χ4n) is 0.996. The molecule has 0 saturated carbocycles. The monoisotopic (exact) mass is 180 g/mol. The van der Waals surface area contributed by atoms with E-state index >= 15 is 0 Å². The highest BCUT2D eigenvalue weighted by atomic mass is 19.1. The van der Waals surface area contributed by atoms with Gasteiger partial charge in [-0.15, -0.1) is 0 Å². The van der Waals surface area contributed by atoms with Gasteiger partial charge in [-0.3, -0.25) is 0 Å². The lowest BCUT2D eigenvalue weighted by Crippen LogP contribution is -1.85. The summed E-state index contributed by atoms with van der Waals surface area (Å²) in [6.07, 6.45) is 1.76. The quantitative estimate of drug-likeness (QED) is 0.641. The Kier molecular flexibility index (Phi) is 5.86. The Hall–Kier alpha value is -1.11. The summed E-state index contributed by atoms with van der Waals surface area (Å²) in [6.45, 7) is 9.15. The first-order valence-electron chi connectivity index (χ1n) is 4.56. The maximum Gasteiger partial charge on any atom is 0.115 e. The molecule has 0 aliphatic rings. The molecule has 1 heteroatoms. The van der Waals surface area contributed by atoms with E-state index in [0.29, 0.717) is 0 Å². The summed E-state index contributed by atoms with van der Waals surface area (Å²) in [5.41, 5.74) is 2.79. The van der Waals surface area contributed by atoms with E-state index in [4.69, 9.17) is 0 Å². The van der Waals surface area contributed by atoms with E-state index in [0.717, 1.165) is 16.7 Å². The van der Waals surface area contributed by atoms with Crippen LogP contribution in [0.2, 0.25) is 0 Å². The molecule has 0 bridgehead atoms. The van der Waals surface area contributed by atoms with Gasteiger partial charge in [0.15, 0.2) is 0 Å². The summed E-state index contributed by atoms with van der Waals surface area (Å²) in [6, 6.07) is 5.60. The molecular formula is C12H17F. The summed E-state index contributed by atoms with van der Waals surface area (Å²) in [5.74, 6) is 0. The van der Waals surface area contributed by atoms with Gasteiger partial charge in [-0.1, -0.05) is 44.7 Å². The zero-order valence-corrected chi connectivity index (χ0v) is 8.60. The zero-order valence-electron chi connectivity index (χ0n) is 8.60. The van der Waals surface area contributed by atoms with Crippen LogP contribution >= 0.6 is 0 Å². The van der Waals surface area contributed by atoms with Gasteiger partial charge in [-0.25, -0.2) is 4.39 Å². The van der Waals surface area contributed by atoms with Crippen molar-refractivity contribution in [2.45, 2.75) is 27.4 Å².